The molecule has 0 radical (unpaired) electrons. The Kier molecular flexibility index (Phi) is 6.18. The topological polar surface area (TPSA) is 61.4 Å². The number of carbonyl (C=O) groups is 2. The third-order valence-corrected chi connectivity index (χ3v) is 3.70. The first kappa shape index (κ1) is 16.3. The van der Waals surface area contributed by atoms with E-state index in [1.807, 2.05) is 4.90 Å². The average Bonchev–Trinajstić information content (AvgIpc) is 2.91. The minimum atomic E-state index is -0.260. The third-order valence-electron chi connectivity index (χ3n) is 3.70. The van der Waals surface area contributed by atoms with Crippen LogP contribution in [0.15, 0.2) is 24.3 Å². The Labute approximate surface area is 129 Å². The van der Waals surface area contributed by atoms with Crippen LogP contribution in [0.3, 0.4) is 0 Å². The molecule has 1 aromatic rings. The predicted molar refractivity (Wildman–Crippen MR) is 81.9 cm³/mol. The number of rotatable bonds is 7. The molecule has 1 aromatic carbocycles. The third kappa shape index (κ3) is 5.02. The molecular formula is C16H22FN3O2. The Morgan fingerprint density at radius 3 is 2.73 bits per heavy atom. The van der Waals surface area contributed by atoms with E-state index in [1.54, 1.807) is 18.2 Å². The minimum Gasteiger partial charge on any atom is -0.343 e. The van der Waals surface area contributed by atoms with Gasteiger partial charge in [-0.25, -0.2) is 9.18 Å². The number of urea groups is 1. The van der Waals surface area contributed by atoms with Gasteiger partial charge < -0.3 is 15.5 Å². The average molecular weight is 307 g/mol. The lowest BCUT2D eigenvalue weighted by Gasteiger charge is -2.15. The molecule has 1 heterocycles. The van der Waals surface area contributed by atoms with Crippen molar-refractivity contribution < 1.29 is 14.0 Å². The summed E-state index contributed by atoms with van der Waals surface area (Å²) in [5.41, 5.74) is 0.593. The lowest BCUT2D eigenvalue weighted by Crippen LogP contribution is -2.38. The van der Waals surface area contributed by atoms with Crippen LogP contribution in [0.2, 0.25) is 0 Å². The van der Waals surface area contributed by atoms with Gasteiger partial charge in [0.25, 0.3) is 0 Å². The molecule has 0 spiro atoms. The van der Waals surface area contributed by atoms with Crippen LogP contribution in [0, 0.1) is 5.82 Å². The van der Waals surface area contributed by atoms with E-state index in [2.05, 4.69) is 10.6 Å². The van der Waals surface area contributed by atoms with E-state index < -0.39 is 0 Å². The number of likely N-dealkylation sites (tertiary alicyclic amines) is 1. The van der Waals surface area contributed by atoms with Crippen LogP contribution in [0.25, 0.3) is 0 Å². The minimum absolute atomic E-state index is 0.203. The molecule has 0 saturated carbocycles. The van der Waals surface area contributed by atoms with Gasteiger partial charge in [0.2, 0.25) is 5.91 Å². The second-order valence-electron chi connectivity index (χ2n) is 5.36. The summed E-state index contributed by atoms with van der Waals surface area (Å²) in [6.45, 7) is 2.43. The Morgan fingerprint density at radius 1 is 1.23 bits per heavy atom. The van der Waals surface area contributed by atoms with E-state index in [0.717, 1.165) is 19.4 Å². The lowest BCUT2D eigenvalue weighted by atomic mass is 10.1. The highest BCUT2D eigenvalue weighted by Gasteiger charge is 2.18. The first-order chi connectivity index (χ1) is 10.7. The molecule has 22 heavy (non-hydrogen) atoms. The zero-order valence-corrected chi connectivity index (χ0v) is 12.6. The maximum Gasteiger partial charge on any atom is 0.314 e. The smallest absolute Gasteiger partial charge is 0.314 e. The Hall–Kier alpha value is -2.11. The van der Waals surface area contributed by atoms with Gasteiger partial charge in [-0.15, -0.1) is 0 Å². The Balaban J connectivity index is 1.54. The number of benzene rings is 1. The summed E-state index contributed by atoms with van der Waals surface area (Å²) in [6, 6.07) is 6.28. The molecule has 2 N–H and O–H groups in total. The molecule has 1 aliphatic heterocycles. The van der Waals surface area contributed by atoms with Crippen LogP contribution in [0.5, 0.6) is 0 Å². The quantitative estimate of drug-likeness (QED) is 0.753. The number of halogens is 1. The van der Waals surface area contributed by atoms with E-state index in [9.17, 15) is 14.0 Å². The van der Waals surface area contributed by atoms with Crippen LogP contribution in [-0.4, -0.2) is 43.0 Å². The van der Waals surface area contributed by atoms with Crippen molar-refractivity contribution in [1.29, 1.82) is 0 Å². The molecule has 1 aliphatic rings. The molecule has 1 saturated heterocycles. The van der Waals surface area contributed by atoms with Crippen molar-refractivity contribution in [2.24, 2.45) is 0 Å². The summed E-state index contributed by atoms with van der Waals surface area (Å²) in [6.07, 6.45) is 2.78. The predicted octanol–water partition coefficient (Wildman–Crippen LogP) is 1.68. The number of nitrogens with zero attached hydrogens (tertiary/aromatic N) is 1. The van der Waals surface area contributed by atoms with Gasteiger partial charge in [-0.1, -0.05) is 18.2 Å². The molecule has 1 fully saturated rings. The van der Waals surface area contributed by atoms with E-state index in [0.29, 0.717) is 38.0 Å². The molecule has 0 aromatic heterocycles. The molecule has 0 unspecified atom stereocenters. The summed E-state index contributed by atoms with van der Waals surface area (Å²) in [7, 11) is 0. The van der Waals surface area contributed by atoms with E-state index in [1.165, 1.54) is 6.07 Å². The highest BCUT2D eigenvalue weighted by Crippen LogP contribution is 2.09. The highest BCUT2D eigenvalue weighted by molar-refractivity contribution is 5.78. The van der Waals surface area contributed by atoms with E-state index in [-0.39, 0.29) is 17.8 Å². The van der Waals surface area contributed by atoms with Crippen LogP contribution in [0.4, 0.5) is 9.18 Å². The maximum atomic E-state index is 13.4. The van der Waals surface area contributed by atoms with Crippen molar-refractivity contribution in [2.75, 3.05) is 26.2 Å². The molecule has 3 amide bonds. The standard InChI is InChI=1S/C16H22FN3O2/c17-14-6-2-1-5-13(14)8-10-19-16(22)18-9-4-12-20-11-3-7-15(20)21/h1-2,5-6H,3-4,7-12H2,(H2,18,19,22). The van der Waals surface area contributed by atoms with Gasteiger partial charge in [0.1, 0.15) is 5.82 Å². The number of amides is 3. The van der Waals surface area contributed by atoms with Crippen molar-refractivity contribution in [2.45, 2.75) is 25.7 Å². The van der Waals surface area contributed by atoms with Crippen LogP contribution in [-0.2, 0) is 11.2 Å². The zero-order valence-electron chi connectivity index (χ0n) is 12.6. The fourth-order valence-electron chi connectivity index (χ4n) is 2.49. The number of hydrogen-bond acceptors (Lipinski definition) is 2. The molecule has 2 rings (SSSR count). The van der Waals surface area contributed by atoms with Gasteiger partial charge in [0.15, 0.2) is 0 Å². The molecule has 0 atom stereocenters. The molecule has 5 nitrogen and oxygen atoms in total. The van der Waals surface area contributed by atoms with Gasteiger partial charge in [-0.05, 0) is 30.9 Å². The highest BCUT2D eigenvalue weighted by atomic mass is 19.1. The van der Waals surface area contributed by atoms with Gasteiger partial charge >= 0.3 is 6.03 Å². The SMILES string of the molecule is O=C(NCCCN1CCCC1=O)NCCc1ccccc1F. The summed E-state index contributed by atoms with van der Waals surface area (Å²) in [4.78, 5) is 24.8. The molecule has 120 valence electrons. The van der Waals surface area contributed by atoms with E-state index >= 15 is 0 Å². The van der Waals surface area contributed by atoms with Crippen LogP contribution < -0.4 is 10.6 Å². The van der Waals surface area contributed by atoms with Gasteiger partial charge in [0.05, 0.1) is 0 Å². The molecular weight excluding hydrogens is 285 g/mol. The number of carbonyl (C=O) groups excluding carboxylic acids is 2. The van der Waals surface area contributed by atoms with Gasteiger partial charge in [0, 0.05) is 32.6 Å². The molecule has 0 bridgehead atoms. The zero-order chi connectivity index (χ0) is 15.8. The summed E-state index contributed by atoms with van der Waals surface area (Å²) in [5.74, 6) is -0.0469. The fraction of sp³-hybridized carbons (Fsp3) is 0.500. The Morgan fingerprint density at radius 2 is 2.00 bits per heavy atom. The maximum absolute atomic E-state index is 13.4. The first-order valence-corrected chi connectivity index (χ1v) is 7.69. The second kappa shape index (κ2) is 8.36. The second-order valence-corrected chi connectivity index (χ2v) is 5.36. The monoisotopic (exact) mass is 307 g/mol. The molecule has 0 aliphatic carbocycles. The summed E-state index contributed by atoms with van der Waals surface area (Å²) in [5, 5.41) is 5.44. The Bertz CT molecular complexity index is 522. The van der Waals surface area contributed by atoms with Crippen molar-refractivity contribution in [1.82, 2.24) is 15.5 Å². The number of hydrogen-bond donors (Lipinski definition) is 2. The van der Waals surface area contributed by atoms with Crippen LogP contribution >= 0.6 is 0 Å². The number of nitrogens with one attached hydrogen (secondary N) is 2. The summed E-state index contributed by atoms with van der Waals surface area (Å²) >= 11 is 0. The largest absolute Gasteiger partial charge is 0.343 e. The van der Waals surface area contributed by atoms with E-state index in [4.69, 9.17) is 0 Å². The van der Waals surface area contributed by atoms with Crippen molar-refractivity contribution >= 4 is 11.9 Å². The van der Waals surface area contributed by atoms with Crippen molar-refractivity contribution in [3.05, 3.63) is 35.6 Å². The van der Waals surface area contributed by atoms with Crippen LogP contribution in [0.1, 0.15) is 24.8 Å². The summed E-state index contributed by atoms with van der Waals surface area (Å²) < 4.78 is 13.4. The first-order valence-electron chi connectivity index (χ1n) is 7.69. The molecule has 6 heteroatoms. The fourth-order valence-corrected chi connectivity index (χ4v) is 2.49. The normalized spacial score (nSPS) is 14.2. The van der Waals surface area contributed by atoms with Gasteiger partial charge in [-0.2, -0.15) is 0 Å². The van der Waals surface area contributed by atoms with Gasteiger partial charge in [-0.3, -0.25) is 4.79 Å². The van der Waals surface area contributed by atoms with Crippen molar-refractivity contribution in [3.8, 4) is 0 Å². The lowest BCUT2D eigenvalue weighted by molar-refractivity contribution is -0.127. The van der Waals surface area contributed by atoms with Crippen molar-refractivity contribution in [3.63, 3.8) is 0 Å².